The molecule has 0 spiro atoms. The highest BCUT2D eigenvalue weighted by atomic mass is 35.5. The van der Waals surface area contributed by atoms with E-state index in [4.69, 9.17) is 4.74 Å². The molecule has 1 fully saturated rings. The number of hydrogen-bond acceptors (Lipinski definition) is 5. The quantitative estimate of drug-likeness (QED) is 0.737. The highest BCUT2D eigenvalue weighted by Gasteiger charge is 2.13. The van der Waals surface area contributed by atoms with Gasteiger partial charge in [-0.2, -0.15) is 5.10 Å². The van der Waals surface area contributed by atoms with E-state index in [1.165, 1.54) is 6.33 Å². The van der Waals surface area contributed by atoms with Gasteiger partial charge in [-0.3, -0.25) is 0 Å². The van der Waals surface area contributed by atoms with Gasteiger partial charge >= 0.3 is 6.03 Å². The summed E-state index contributed by atoms with van der Waals surface area (Å²) in [7, 11) is 0. The summed E-state index contributed by atoms with van der Waals surface area (Å²) in [6.45, 7) is 4.30. The summed E-state index contributed by atoms with van der Waals surface area (Å²) in [5, 5.41) is 13.1. The normalized spacial score (nSPS) is 17.2. The lowest BCUT2D eigenvalue weighted by atomic mass is 10.1. The Morgan fingerprint density at radius 2 is 2.36 bits per heavy atom. The molecule has 2 aromatic rings. The van der Waals surface area contributed by atoms with Gasteiger partial charge in [0, 0.05) is 31.2 Å². The average molecular weight is 367 g/mol. The van der Waals surface area contributed by atoms with E-state index in [9.17, 15) is 4.79 Å². The van der Waals surface area contributed by atoms with E-state index in [1.807, 2.05) is 24.3 Å². The molecule has 136 valence electrons. The van der Waals surface area contributed by atoms with Crippen LogP contribution < -0.4 is 16.0 Å². The number of carbonyl (C=O) groups excluding carboxylic acids is 1. The van der Waals surface area contributed by atoms with Gasteiger partial charge in [0.25, 0.3) is 0 Å². The molecule has 1 unspecified atom stereocenters. The van der Waals surface area contributed by atoms with Crippen LogP contribution in [0.2, 0.25) is 0 Å². The predicted octanol–water partition coefficient (Wildman–Crippen LogP) is 1.11. The molecule has 1 aliphatic rings. The van der Waals surface area contributed by atoms with Crippen LogP contribution in [0.5, 0.6) is 0 Å². The first-order valence-electron chi connectivity index (χ1n) is 8.04. The minimum Gasteiger partial charge on any atom is -0.380 e. The zero-order valence-corrected chi connectivity index (χ0v) is 14.7. The number of halogens is 1. The second kappa shape index (κ2) is 9.97. The lowest BCUT2D eigenvalue weighted by Gasteiger charge is -2.15. The van der Waals surface area contributed by atoms with Crippen LogP contribution in [-0.2, 0) is 11.3 Å². The molecule has 2 heterocycles. The topological polar surface area (TPSA) is 93.1 Å². The van der Waals surface area contributed by atoms with Gasteiger partial charge in [0.05, 0.1) is 19.8 Å². The zero-order valence-electron chi connectivity index (χ0n) is 13.9. The maximum Gasteiger partial charge on any atom is 0.319 e. The van der Waals surface area contributed by atoms with Crippen molar-refractivity contribution < 1.29 is 9.53 Å². The number of anilines is 1. The van der Waals surface area contributed by atoms with Gasteiger partial charge in [0.1, 0.15) is 12.7 Å². The fourth-order valence-corrected chi connectivity index (χ4v) is 2.55. The second-order valence-corrected chi connectivity index (χ2v) is 5.77. The van der Waals surface area contributed by atoms with Gasteiger partial charge < -0.3 is 20.7 Å². The van der Waals surface area contributed by atoms with Crippen LogP contribution >= 0.6 is 12.4 Å². The Labute approximate surface area is 152 Å². The third kappa shape index (κ3) is 6.33. The summed E-state index contributed by atoms with van der Waals surface area (Å²) in [6.07, 6.45) is 3.16. The van der Waals surface area contributed by atoms with Gasteiger partial charge in [-0.15, -0.1) is 12.4 Å². The second-order valence-electron chi connectivity index (χ2n) is 5.77. The largest absolute Gasteiger partial charge is 0.380 e. The van der Waals surface area contributed by atoms with E-state index in [2.05, 4.69) is 26.0 Å². The lowest BCUT2D eigenvalue weighted by Crippen LogP contribution is -2.37. The summed E-state index contributed by atoms with van der Waals surface area (Å²) in [6, 6.07) is 7.47. The van der Waals surface area contributed by atoms with E-state index in [1.54, 1.807) is 11.0 Å². The summed E-state index contributed by atoms with van der Waals surface area (Å²) in [5.41, 5.74) is 1.79. The molecule has 9 heteroatoms. The lowest BCUT2D eigenvalue weighted by molar-refractivity contribution is 0.123. The zero-order chi connectivity index (χ0) is 16.6. The fraction of sp³-hybridized carbons (Fsp3) is 0.438. The van der Waals surface area contributed by atoms with Crippen molar-refractivity contribution in [2.24, 2.45) is 5.92 Å². The molecule has 1 saturated heterocycles. The molecule has 0 bridgehead atoms. The molecule has 1 aromatic heterocycles. The third-order valence-electron chi connectivity index (χ3n) is 3.76. The number of nitrogens with one attached hydrogen (secondary N) is 3. The van der Waals surface area contributed by atoms with Crippen LogP contribution in [0.1, 0.15) is 5.56 Å². The van der Waals surface area contributed by atoms with Gasteiger partial charge in [-0.05, 0) is 17.7 Å². The van der Waals surface area contributed by atoms with Crippen molar-refractivity contribution in [1.29, 1.82) is 0 Å². The molecule has 3 rings (SSSR count). The van der Waals surface area contributed by atoms with Crippen molar-refractivity contribution in [2.45, 2.75) is 6.54 Å². The molecule has 1 aromatic carbocycles. The average Bonchev–Trinajstić information content (AvgIpc) is 2.94. The standard InChI is InChI=1S/C16H22N6O2.ClH/c23-16(19-8-14-7-17-4-5-24-10-14)21-15-3-1-2-13(6-15)9-22-12-18-11-20-22;/h1-3,6,11-12,14,17H,4-5,7-10H2,(H2,19,21,23);1H. The minimum absolute atomic E-state index is 0. The number of ether oxygens (including phenoxy) is 1. The summed E-state index contributed by atoms with van der Waals surface area (Å²) in [4.78, 5) is 16.0. The Balaban J connectivity index is 0.00000225. The van der Waals surface area contributed by atoms with Crippen molar-refractivity contribution in [1.82, 2.24) is 25.4 Å². The molecule has 1 aliphatic heterocycles. The number of rotatable bonds is 5. The van der Waals surface area contributed by atoms with E-state index in [-0.39, 0.29) is 24.4 Å². The Bertz CT molecular complexity index is 644. The minimum atomic E-state index is -0.211. The van der Waals surface area contributed by atoms with Crippen LogP contribution in [-0.4, -0.2) is 53.6 Å². The van der Waals surface area contributed by atoms with Crippen molar-refractivity contribution >= 4 is 24.1 Å². The third-order valence-corrected chi connectivity index (χ3v) is 3.76. The molecule has 3 N–H and O–H groups in total. The Morgan fingerprint density at radius 1 is 1.44 bits per heavy atom. The Kier molecular flexibility index (Phi) is 7.65. The van der Waals surface area contributed by atoms with Gasteiger partial charge in [0.2, 0.25) is 0 Å². The van der Waals surface area contributed by atoms with E-state index in [0.29, 0.717) is 19.7 Å². The molecular weight excluding hydrogens is 344 g/mol. The van der Waals surface area contributed by atoms with E-state index < -0.39 is 0 Å². The summed E-state index contributed by atoms with van der Waals surface area (Å²) < 4.78 is 7.21. The van der Waals surface area contributed by atoms with Crippen molar-refractivity contribution in [3.63, 3.8) is 0 Å². The van der Waals surface area contributed by atoms with Crippen LogP contribution in [0.25, 0.3) is 0 Å². The SMILES string of the molecule is Cl.O=C(NCC1CNCCOC1)Nc1cccc(Cn2cncn2)c1. The highest BCUT2D eigenvalue weighted by molar-refractivity contribution is 5.89. The monoisotopic (exact) mass is 366 g/mol. The Morgan fingerprint density at radius 3 is 3.20 bits per heavy atom. The predicted molar refractivity (Wildman–Crippen MR) is 97.0 cm³/mol. The van der Waals surface area contributed by atoms with E-state index in [0.717, 1.165) is 30.9 Å². The van der Waals surface area contributed by atoms with E-state index >= 15 is 0 Å². The smallest absolute Gasteiger partial charge is 0.319 e. The molecule has 8 nitrogen and oxygen atoms in total. The highest BCUT2D eigenvalue weighted by Crippen LogP contribution is 2.11. The molecule has 0 saturated carbocycles. The fourth-order valence-electron chi connectivity index (χ4n) is 2.55. The number of carbonyl (C=O) groups is 1. The van der Waals surface area contributed by atoms with Crippen LogP contribution in [0, 0.1) is 5.92 Å². The maximum atomic E-state index is 12.1. The number of nitrogens with zero attached hydrogens (tertiary/aromatic N) is 3. The van der Waals surface area contributed by atoms with Crippen molar-refractivity contribution in [3.05, 3.63) is 42.5 Å². The van der Waals surface area contributed by atoms with Crippen molar-refractivity contribution in [2.75, 3.05) is 38.2 Å². The first-order chi connectivity index (χ1) is 11.8. The Hall–Kier alpha value is -2.16. The van der Waals surface area contributed by atoms with Crippen LogP contribution in [0.4, 0.5) is 10.5 Å². The van der Waals surface area contributed by atoms with Crippen LogP contribution in [0.3, 0.4) is 0 Å². The first-order valence-corrected chi connectivity index (χ1v) is 8.04. The summed E-state index contributed by atoms with van der Waals surface area (Å²) in [5.74, 6) is 0.289. The molecule has 0 aliphatic carbocycles. The maximum absolute atomic E-state index is 12.1. The molecule has 25 heavy (non-hydrogen) atoms. The van der Waals surface area contributed by atoms with Gasteiger partial charge in [-0.25, -0.2) is 14.5 Å². The number of benzene rings is 1. The molecule has 0 radical (unpaired) electrons. The molecule has 2 amide bonds. The first kappa shape index (κ1) is 19.2. The molecular formula is C16H23ClN6O2. The number of urea groups is 1. The van der Waals surface area contributed by atoms with Crippen molar-refractivity contribution in [3.8, 4) is 0 Å². The number of aromatic nitrogens is 3. The number of amides is 2. The van der Waals surface area contributed by atoms with Gasteiger partial charge in [-0.1, -0.05) is 12.1 Å². The molecule has 1 atom stereocenters. The van der Waals surface area contributed by atoms with Gasteiger partial charge in [0.15, 0.2) is 0 Å². The summed E-state index contributed by atoms with van der Waals surface area (Å²) >= 11 is 0. The van der Waals surface area contributed by atoms with Crippen LogP contribution in [0.15, 0.2) is 36.9 Å². The number of hydrogen-bond donors (Lipinski definition) is 3.